The minimum absolute atomic E-state index is 0.0816. The van der Waals surface area contributed by atoms with E-state index in [4.69, 9.17) is 0 Å². The molecule has 180 valence electrons. The summed E-state index contributed by atoms with van der Waals surface area (Å²) >= 11 is 2.66. The first-order valence-corrected chi connectivity index (χ1v) is 12.9. The Balaban J connectivity index is 1.52. The van der Waals surface area contributed by atoms with Crippen LogP contribution in [0.5, 0.6) is 0 Å². The number of carbonyl (C=O) groups is 2. The average Bonchev–Trinajstić information content (AvgIpc) is 3.46. The second kappa shape index (κ2) is 10.0. The number of amides is 1. The third kappa shape index (κ3) is 4.67. The zero-order valence-electron chi connectivity index (χ0n) is 19.1. The fourth-order valence-electron chi connectivity index (χ4n) is 3.93. The van der Waals surface area contributed by atoms with E-state index in [-0.39, 0.29) is 16.5 Å². The van der Waals surface area contributed by atoms with Crippen LogP contribution in [0.2, 0.25) is 0 Å². The molecule has 5 rings (SSSR count). The number of thioether (sulfide) groups is 1. The summed E-state index contributed by atoms with van der Waals surface area (Å²) in [4.78, 5) is 27.6. The maximum atomic E-state index is 13.7. The van der Waals surface area contributed by atoms with E-state index in [2.05, 4.69) is 10.2 Å². The summed E-state index contributed by atoms with van der Waals surface area (Å²) in [5.41, 5.74) is 3.08. The van der Waals surface area contributed by atoms with Gasteiger partial charge in [0, 0.05) is 11.3 Å². The number of aliphatic hydroxyl groups excluding tert-OH is 1. The van der Waals surface area contributed by atoms with Crippen molar-refractivity contribution >= 4 is 45.7 Å². The Hall–Kier alpha value is -3.82. The first-order valence-electron chi connectivity index (χ1n) is 11.1. The average molecular weight is 518 g/mol. The van der Waals surface area contributed by atoms with Crippen LogP contribution in [-0.4, -0.2) is 27.0 Å². The predicted octanol–water partition coefficient (Wildman–Crippen LogP) is 5.90. The fraction of sp³-hybridized carbons (Fsp3) is 0.111. The largest absolute Gasteiger partial charge is 0.507 e. The number of anilines is 1. The number of Topliss-reactive ketones (excluding diaryl/α,β-unsaturated/α-hetero) is 1. The van der Waals surface area contributed by atoms with E-state index in [0.29, 0.717) is 21.2 Å². The number of carbonyl (C=O) groups excluding carboxylic acids is 2. The van der Waals surface area contributed by atoms with E-state index in [1.165, 1.54) is 57.8 Å². The molecule has 1 saturated heterocycles. The second-order valence-corrected chi connectivity index (χ2v) is 10.4. The normalized spacial score (nSPS) is 17.1. The molecular weight excluding hydrogens is 497 g/mol. The van der Waals surface area contributed by atoms with Crippen molar-refractivity contribution in [1.29, 1.82) is 0 Å². The Bertz CT molecular complexity index is 1450. The molecule has 1 unspecified atom stereocenters. The van der Waals surface area contributed by atoms with Gasteiger partial charge in [-0.15, -0.1) is 10.2 Å². The Kier molecular flexibility index (Phi) is 6.67. The number of aliphatic hydroxyl groups is 1. The van der Waals surface area contributed by atoms with Gasteiger partial charge in [0.05, 0.1) is 11.6 Å². The third-order valence-corrected chi connectivity index (χ3v) is 7.89. The van der Waals surface area contributed by atoms with Crippen molar-refractivity contribution in [2.75, 3.05) is 4.90 Å². The topological polar surface area (TPSA) is 83.4 Å². The number of hydrogen-bond donors (Lipinski definition) is 1. The van der Waals surface area contributed by atoms with Gasteiger partial charge < -0.3 is 5.11 Å². The van der Waals surface area contributed by atoms with Gasteiger partial charge in [-0.3, -0.25) is 14.5 Å². The number of rotatable bonds is 6. The standard InChI is InChI=1S/C27H20FN3O3S2/c1-16-7-9-17(10-8-16)15-35-27-30-29-26(36-27)31-22(18-11-13-20(28)14-12-18)21(24(33)25(31)34)23(32)19-5-3-2-4-6-19/h2-14,22,32H,15H2,1H3/b23-21-. The van der Waals surface area contributed by atoms with Crippen LogP contribution in [0.25, 0.3) is 5.76 Å². The fourth-order valence-corrected chi connectivity index (χ4v) is 5.75. The van der Waals surface area contributed by atoms with Gasteiger partial charge in [-0.05, 0) is 30.2 Å². The number of nitrogens with zero attached hydrogens (tertiary/aromatic N) is 3. The number of aromatic nitrogens is 2. The molecule has 1 aliphatic heterocycles. The van der Waals surface area contributed by atoms with Gasteiger partial charge in [-0.25, -0.2) is 4.39 Å². The molecule has 0 aliphatic carbocycles. The lowest BCUT2D eigenvalue weighted by Crippen LogP contribution is -2.29. The lowest BCUT2D eigenvalue weighted by molar-refractivity contribution is -0.132. The maximum Gasteiger partial charge on any atom is 0.301 e. The number of halogens is 1. The smallest absolute Gasteiger partial charge is 0.301 e. The molecular formula is C27H20FN3O3S2. The lowest BCUT2D eigenvalue weighted by Gasteiger charge is -2.22. The van der Waals surface area contributed by atoms with Crippen molar-refractivity contribution in [1.82, 2.24) is 10.2 Å². The molecule has 6 nitrogen and oxygen atoms in total. The molecule has 9 heteroatoms. The zero-order valence-corrected chi connectivity index (χ0v) is 20.7. The molecule has 36 heavy (non-hydrogen) atoms. The van der Waals surface area contributed by atoms with Crippen molar-refractivity contribution < 1.29 is 19.1 Å². The first-order chi connectivity index (χ1) is 17.4. The van der Waals surface area contributed by atoms with Crippen molar-refractivity contribution in [3.63, 3.8) is 0 Å². The number of ketones is 1. The van der Waals surface area contributed by atoms with E-state index in [9.17, 15) is 19.1 Å². The number of hydrogen-bond acceptors (Lipinski definition) is 7. The van der Waals surface area contributed by atoms with Crippen molar-refractivity contribution in [2.45, 2.75) is 23.1 Å². The van der Waals surface area contributed by atoms with Gasteiger partial charge in [0.1, 0.15) is 11.6 Å². The Labute approximate surface area is 215 Å². The summed E-state index contributed by atoms with van der Waals surface area (Å²) in [7, 11) is 0. The van der Waals surface area contributed by atoms with Crippen LogP contribution in [0, 0.1) is 12.7 Å². The maximum absolute atomic E-state index is 13.7. The molecule has 1 aliphatic rings. The molecule has 1 amide bonds. The number of benzene rings is 3. The van der Waals surface area contributed by atoms with Crippen molar-refractivity contribution in [3.05, 3.63) is 113 Å². The van der Waals surface area contributed by atoms with Gasteiger partial charge >= 0.3 is 5.91 Å². The first kappa shape index (κ1) is 23.9. The monoisotopic (exact) mass is 517 g/mol. The summed E-state index contributed by atoms with van der Waals surface area (Å²) in [6.45, 7) is 2.03. The van der Waals surface area contributed by atoms with Crippen molar-refractivity contribution in [2.24, 2.45) is 0 Å². The molecule has 0 spiro atoms. The van der Waals surface area contributed by atoms with Gasteiger partial charge in [0.25, 0.3) is 5.78 Å². The molecule has 2 heterocycles. The molecule has 1 aromatic heterocycles. The van der Waals surface area contributed by atoms with Crippen molar-refractivity contribution in [3.8, 4) is 0 Å². The third-order valence-electron chi connectivity index (χ3n) is 5.76. The molecule has 1 atom stereocenters. The van der Waals surface area contributed by atoms with Gasteiger partial charge in [0.15, 0.2) is 4.34 Å². The highest BCUT2D eigenvalue weighted by atomic mass is 32.2. The van der Waals surface area contributed by atoms with E-state index >= 15 is 0 Å². The highest BCUT2D eigenvalue weighted by molar-refractivity contribution is 8.00. The highest BCUT2D eigenvalue weighted by Gasteiger charge is 2.48. The van der Waals surface area contributed by atoms with Crippen LogP contribution in [0.3, 0.4) is 0 Å². The molecule has 1 fully saturated rings. The van der Waals surface area contributed by atoms with E-state index < -0.39 is 23.5 Å². The summed E-state index contributed by atoms with van der Waals surface area (Å²) in [6.07, 6.45) is 0. The second-order valence-electron chi connectivity index (χ2n) is 8.21. The van der Waals surface area contributed by atoms with Crippen LogP contribution in [0.4, 0.5) is 9.52 Å². The minimum atomic E-state index is -0.978. The van der Waals surface area contributed by atoms with E-state index in [0.717, 1.165) is 5.56 Å². The molecule has 3 aromatic carbocycles. The Morgan fingerprint density at radius 1 is 1.00 bits per heavy atom. The molecule has 0 saturated carbocycles. The molecule has 4 aromatic rings. The molecule has 1 N–H and O–H groups in total. The predicted molar refractivity (Wildman–Crippen MR) is 138 cm³/mol. The summed E-state index contributed by atoms with van der Waals surface area (Å²) in [5.74, 6) is -1.75. The quantitative estimate of drug-likeness (QED) is 0.113. The van der Waals surface area contributed by atoms with Crippen LogP contribution in [0.15, 0.2) is 88.8 Å². The lowest BCUT2D eigenvalue weighted by atomic mass is 9.95. The summed E-state index contributed by atoms with van der Waals surface area (Å²) < 4.78 is 14.3. The van der Waals surface area contributed by atoms with Gasteiger partial charge in [-0.1, -0.05) is 95.4 Å². The minimum Gasteiger partial charge on any atom is -0.507 e. The Morgan fingerprint density at radius 3 is 2.39 bits per heavy atom. The van der Waals surface area contributed by atoms with Crippen LogP contribution < -0.4 is 4.90 Å². The van der Waals surface area contributed by atoms with Crippen LogP contribution in [-0.2, 0) is 15.3 Å². The zero-order chi connectivity index (χ0) is 25.2. The summed E-state index contributed by atoms with van der Waals surface area (Å²) in [5, 5.41) is 19.7. The van der Waals surface area contributed by atoms with E-state index in [1.54, 1.807) is 30.3 Å². The Morgan fingerprint density at radius 2 is 1.69 bits per heavy atom. The SMILES string of the molecule is Cc1ccc(CSc2nnc(N3C(=O)C(=O)/C(=C(\O)c4ccccc4)C3c3ccc(F)cc3)s2)cc1. The molecule has 0 radical (unpaired) electrons. The summed E-state index contributed by atoms with van der Waals surface area (Å²) in [6, 6.07) is 21.2. The molecule has 0 bridgehead atoms. The van der Waals surface area contributed by atoms with Crippen LogP contribution >= 0.6 is 23.1 Å². The van der Waals surface area contributed by atoms with Gasteiger partial charge in [0.2, 0.25) is 5.13 Å². The van der Waals surface area contributed by atoms with Crippen LogP contribution in [0.1, 0.15) is 28.3 Å². The van der Waals surface area contributed by atoms with E-state index in [1.807, 2.05) is 31.2 Å². The number of aryl methyl sites for hydroxylation is 1. The highest BCUT2D eigenvalue weighted by Crippen LogP contribution is 2.44. The van der Waals surface area contributed by atoms with Gasteiger partial charge in [-0.2, -0.15) is 0 Å².